The van der Waals surface area contributed by atoms with Crippen molar-refractivity contribution in [3.63, 3.8) is 0 Å². The van der Waals surface area contributed by atoms with Gasteiger partial charge in [-0.05, 0) is 38.8 Å². The van der Waals surface area contributed by atoms with E-state index < -0.39 is 41.7 Å². The minimum absolute atomic E-state index is 0.0377. The molecule has 0 spiro atoms. The lowest BCUT2D eigenvalue weighted by atomic mass is 10.1. The van der Waals surface area contributed by atoms with Crippen molar-refractivity contribution in [3.8, 4) is 0 Å². The second-order valence-corrected chi connectivity index (χ2v) is 8.25. The van der Waals surface area contributed by atoms with E-state index in [2.05, 4.69) is 5.32 Å². The van der Waals surface area contributed by atoms with Crippen molar-refractivity contribution in [1.82, 2.24) is 0 Å². The number of amides is 1. The Morgan fingerprint density at radius 3 is 2.13 bits per heavy atom. The number of carbonyl (C=O) groups is 1. The van der Waals surface area contributed by atoms with Gasteiger partial charge in [0, 0.05) is 11.8 Å². The molecule has 30 heavy (non-hydrogen) atoms. The number of nitrogens with zero attached hydrogens (tertiary/aromatic N) is 1. The van der Waals surface area contributed by atoms with E-state index in [1.54, 1.807) is 13.8 Å². The van der Waals surface area contributed by atoms with Crippen LogP contribution in [0.5, 0.6) is 0 Å². The second kappa shape index (κ2) is 10.3. The monoisotopic (exact) mass is 456 g/mol. The Morgan fingerprint density at radius 1 is 1.17 bits per heavy atom. The van der Waals surface area contributed by atoms with Gasteiger partial charge in [0.05, 0.1) is 18.1 Å². The fourth-order valence-electron chi connectivity index (χ4n) is 2.10. The van der Waals surface area contributed by atoms with Crippen molar-refractivity contribution in [1.29, 1.82) is 0 Å². The van der Waals surface area contributed by atoms with Crippen LogP contribution in [0.3, 0.4) is 0 Å². The zero-order valence-corrected chi connectivity index (χ0v) is 17.8. The zero-order chi connectivity index (χ0) is 23.2. The smallest absolute Gasteiger partial charge is 0.324 e. The SMILES string of the molecule is CCCOP(=O)(OCCC)OC(C)(C)C(=O)Nc1ccc([N+](=O)[O-])c(C(F)(F)F)c1. The Hall–Kier alpha value is -2.01. The topological polar surface area (TPSA) is 117 Å². The highest BCUT2D eigenvalue weighted by atomic mass is 31.2. The molecule has 0 saturated heterocycles. The summed E-state index contributed by atoms with van der Waals surface area (Å²) in [5, 5.41) is 13.0. The van der Waals surface area contributed by atoms with Crippen LogP contribution in [-0.2, 0) is 29.1 Å². The summed E-state index contributed by atoms with van der Waals surface area (Å²) < 4.78 is 67.6. The molecule has 170 valence electrons. The van der Waals surface area contributed by atoms with Crippen LogP contribution in [-0.4, -0.2) is 29.6 Å². The number of hydrogen-bond donors (Lipinski definition) is 1. The van der Waals surface area contributed by atoms with Crippen LogP contribution >= 0.6 is 7.82 Å². The van der Waals surface area contributed by atoms with Crippen LogP contribution in [0.2, 0.25) is 0 Å². The number of hydrogen-bond acceptors (Lipinski definition) is 7. The number of nitrogens with one attached hydrogen (secondary N) is 1. The molecule has 0 saturated carbocycles. The van der Waals surface area contributed by atoms with E-state index >= 15 is 0 Å². The quantitative estimate of drug-likeness (QED) is 0.272. The van der Waals surface area contributed by atoms with E-state index in [1.165, 1.54) is 13.8 Å². The molecule has 0 bridgehead atoms. The Balaban J connectivity index is 3.09. The normalized spacial score (nSPS) is 12.6. The fourth-order valence-corrected chi connectivity index (χ4v) is 3.73. The summed E-state index contributed by atoms with van der Waals surface area (Å²) >= 11 is 0. The molecule has 9 nitrogen and oxygen atoms in total. The molecule has 13 heteroatoms. The summed E-state index contributed by atoms with van der Waals surface area (Å²) in [4.78, 5) is 22.2. The maximum atomic E-state index is 13.1. The highest BCUT2D eigenvalue weighted by Crippen LogP contribution is 2.53. The third kappa shape index (κ3) is 7.35. The lowest BCUT2D eigenvalue weighted by Gasteiger charge is -2.28. The molecule has 0 aliphatic rings. The molecule has 1 aromatic rings. The number of alkyl halides is 3. The molecule has 0 fully saturated rings. The summed E-state index contributed by atoms with van der Waals surface area (Å²) in [6.07, 6.45) is -4.01. The third-order valence-electron chi connectivity index (χ3n) is 3.55. The van der Waals surface area contributed by atoms with Crippen LogP contribution < -0.4 is 5.32 Å². The van der Waals surface area contributed by atoms with E-state index in [4.69, 9.17) is 13.6 Å². The van der Waals surface area contributed by atoms with Gasteiger partial charge in [0.2, 0.25) is 0 Å². The summed E-state index contributed by atoms with van der Waals surface area (Å²) in [6.45, 7) is 6.06. The maximum Gasteiger partial charge on any atom is 0.475 e. The van der Waals surface area contributed by atoms with Crippen LogP contribution in [0.4, 0.5) is 24.5 Å². The van der Waals surface area contributed by atoms with Crippen molar-refractivity contribution in [2.75, 3.05) is 18.5 Å². The second-order valence-electron chi connectivity index (χ2n) is 6.66. The summed E-state index contributed by atoms with van der Waals surface area (Å²) in [5.41, 5.74) is -4.85. The highest BCUT2D eigenvalue weighted by molar-refractivity contribution is 7.48. The lowest BCUT2D eigenvalue weighted by molar-refractivity contribution is -0.388. The zero-order valence-electron chi connectivity index (χ0n) is 16.9. The number of phosphoric ester groups is 1. The van der Waals surface area contributed by atoms with Crippen molar-refractivity contribution in [2.24, 2.45) is 0 Å². The number of rotatable bonds is 11. The third-order valence-corrected chi connectivity index (χ3v) is 5.23. The standard InChI is InChI=1S/C17H24F3N2O7P/c1-5-9-27-30(26,28-10-6-2)29-16(3,4)15(23)21-12-7-8-14(22(24)25)13(11-12)17(18,19)20/h7-8,11H,5-6,9-10H2,1-4H3,(H,21,23). The molecule has 0 heterocycles. The molecule has 0 aromatic heterocycles. The molecule has 0 unspecified atom stereocenters. The van der Waals surface area contributed by atoms with Crippen LogP contribution in [0.1, 0.15) is 46.1 Å². The minimum atomic E-state index is -5.01. The first-order valence-electron chi connectivity index (χ1n) is 9.02. The Bertz CT molecular complexity index is 803. The molecular formula is C17H24F3N2O7P. The minimum Gasteiger partial charge on any atom is -0.324 e. The van der Waals surface area contributed by atoms with E-state index in [0.717, 1.165) is 6.07 Å². The molecule has 1 aromatic carbocycles. The van der Waals surface area contributed by atoms with Gasteiger partial charge in [-0.25, -0.2) is 4.57 Å². The highest BCUT2D eigenvalue weighted by Gasteiger charge is 2.41. The van der Waals surface area contributed by atoms with E-state index in [9.17, 15) is 32.6 Å². The average molecular weight is 456 g/mol. The Labute approximate surface area is 171 Å². The van der Waals surface area contributed by atoms with Crippen molar-refractivity contribution in [3.05, 3.63) is 33.9 Å². The molecule has 1 rings (SSSR count). The summed E-state index contributed by atoms with van der Waals surface area (Å²) in [7, 11) is -4.12. The first kappa shape index (κ1) is 26.0. The lowest BCUT2D eigenvalue weighted by Crippen LogP contribution is -2.39. The first-order valence-corrected chi connectivity index (χ1v) is 10.5. The predicted molar refractivity (Wildman–Crippen MR) is 102 cm³/mol. The van der Waals surface area contributed by atoms with E-state index in [-0.39, 0.29) is 18.9 Å². The number of halogens is 3. The van der Waals surface area contributed by atoms with Gasteiger partial charge >= 0.3 is 14.0 Å². The van der Waals surface area contributed by atoms with Crippen molar-refractivity contribution < 1.29 is 41.0 Å². The molecule has 1 amide bonds. The van der Waals surface area contributed by atoms with Gasteiger partial charge in [0.1, 0.15) is 5.56 Å². The van der Waals surface area contributed by atoms with Gasteiger partial charge in [0.25, 0.3) is 11.6 Å². The van der Waals surface area contributed by atoms with Gasteiger partial charge in [0.15, 0.2) is 5.60 Å². The summed E-state index contributed by atoms with van der Waals surface area (Å²) in [5.74, 6) is -0.954. The Morgan fingerprint density at radius 2 is 1.70 bits per heavy atom. The largest absolute Gasteiger partial charge is 0.475 e. The van der Waals surface area contributed by atoms with Gasteiger partial charge in [-0.15, -0.1) is 0 Å². The van der Waals surface area contributed by atoms with Gasteiger partial charge in [-0.3, -0.25) is 28.5 Å². The van der Waals surface area contributed by atoms with Crippen molar-refractivity contribution in [2.45, 2.75) is 52.3 Å². The number of phosphoric acid groups is 1. The van der Waals surface area contributed by atoms with Crippen LogP contribution in [0.15, 0.2) is 18.2 Å². The molecule has 0 aliphatic heterocycles. The number of nitro groups is 1. The van der Waals surface area contributed by atoms with Crippen LogP contribution in [0, 0.1) is 10.1 Å². The van der Waals surface area contributed by atoms with Gasteiger partial charge < -0.3 is 5.32 Å². The van der Waals surface area contributed by atoms with E-state index in [0.29, 0.717) is 25.0 Å². The van der Waals surface area contributed by atoms with Gasteiger partial charge in [-0.1, -0.05) is 13.8 Å². The number of anilines is 1. The molecular weight excluding hydrogens is 432 g/mol. The fraction of sp³-hybridized carbons (Fsp3) is 0.588. The first-order chi connectivity index (χ1) is 13.8. The van der Waals surface area contributed by atoms with Crippen molar-refractivity contribution >= 4 is 25.1 Å². The summed E-state index contributed by atoms with van der Waals surface area (Å²) in [6, 6.07) is 2.01. The number of nitro benzene ring substituents is 1. The molecule has 0 aliphatic carbocycles. The molecule has 1 N–H and O–H groups in total. The number of benzene rings is 1. The Kier molecular flexibility index (Phi) is 8.97. The van der Waals surface area contributed by atoms with Crippen LogP contribution in [0.25, 0.3) is 0 Å². The van der Waals surface area contributed by atoms with E-state index in [1.807, 2.05) is 0 Å². The predicted octanol–water partition coefficient (Wildman–Crippen LogP) is 5.31. The maximum absolute atomic E-state index is 13.1. The van der Waals surface area contributed by atoms with Gasteiger partial charge in [-0.2, -0.15) is 13.2 Å². The molecule has 0 radical (unpaired) electrons. The molecule has 0 atom stereocenters. The average Bonchev–Trinajstić information content (AvgIpc) is 2.63. The number of carbonyl (C=O) groups excluding carboxylic acids is 1.